The van der Waals surface area contributed by atoms with E-state index in [4.69, 9.17) is 11.6 Å². The first-order valence-corrected chi connectivity index (χ1v) is 8.04. The van der Waals surface area contributed by atoms with E-state index in [9.17, 15) is 0 Å². The number of hydrogen-bond donors (Lipinski definition) is 1. The van der Waals surface area contributed by atoms with Crippen LogP contribution in [-0.4, -0.2) is 7.05 Å². The van der Waals surface area contributed by atoms with Gasteiger partial charge in [-0.05, 0) is 48.6 Å². The summed E-state index contributed by atoms with van der Waals surface area (Å²) >= 11 is 6.27. The van der Waals surface area contributed by atoms with Crippen molar-refractivity contribution < 1.29 is 0 Å². The lowest BCUT2D eigenvalue weighted by atomic mass is 9.94. The molecular formula is C19H24ClN. The molecule has 0 bridgehead atoms. The summed E-state index contributed by atoms with van der Waals surface area (Å²) in [6.45, 7) is 4.50. The van der Waals surface area contributed by atoms with E-state index in [-0.39, 0.29) is 6.04 Å². The van der Waals surface area contributed by atoms with Gasteiger partial charge in [-0.1, -0.05) is 67.9 Å². The Morgan fingerprint density at radius 3 is 2.19 bits per heavy atom. The Bertz CT molecular complexity index is 562. The topological polar surface area (TPSA) is 12.0 Å². The van der Waals surface area contributed by atoms with Gasteiger partial charge in [-0.2, -0.15) is 0 Å². The fourth-order valence-electron chi connectivity index (χ4n) is 2.56. The second-order valence-electron chi connectivity index (χ2n) is 5.61. The van der Waals surface area contributed by atoms with Crippen LogP contribution in [0.5, 0.6) is 0 Å². The van der Waals surface area contributed by atoms with Gasteiger partial charge in [0.15, 0.2) is 0 Å². The highest BCUT2D eigenvalue weighted by molar-refractivity contribution is 6.31. The Labute approximate surface area is 133 Å². The van der Waals surface area contributed by atoms with E-state index in [1.807, 2.05) is 25.2 Å². The van der Waals surface area contributed by atoms with Crippen molar-refractivity contribution in [3.63, 3.8) is 0 Å². The van der Waals surface area contributed by atoms with Crippen LogP contribution in [0.2, 0.25) is 5.02 Å². The maximum absolute atomic E-state index is 6.27. The van der Waals surface area contributed by atoms with E-state index in [1.165, 1.54) is 23.1 Å². The molecule has 2 aromatic carbocycles. The molecule has 0 aliphatic heterocycles. The molecule has 2 aromatic rings. The smallest absolute Gasteiger partial charge is 0.0438 e. The molecule has 0 fully saturated rings. The fraction of sp³-hybridized carbons (Fsp3) is 0.368. The van der Waals surface area contributed by atoms with E-state index >= 15 is 0 Å². The predicted molar refractivity (Wildman–Crippen MR) is 92.1 cm³/mol. The van der Waals surface area contributed by atoms with Gasteiger partial charge in [0.05, 0.1) is 0 Å². The molecule has 0 saturated carbocycles. The molecule has 0 heterocycles. The van der Waals surface area contributed by atoms with Crippen molar-refractivity contribution in [1.82, 2.24) is 5.32 Å². The normalized spacial score (nSPS) is 13.9. The van der Waals surface area contributed by atoms with E-state index in [0.29, 0.717) is 5.92 Å². The van der Waals surface area contributed by atoms with Gasteiger partial charge < -0.3 is 5.32 Å². The molecule has 2 rings (SSSR count). The van der Waals surface area contributed by atoms with Crippen LogP contribution in [0.25, 0.3) is 0 Å². The van der Waals surface area contributed by atoms with Crippen molar-refractivity contribution in [3.8, 4) is 0 Å². The van der Waals surface area contributed by atoms with Crippen LogP contribution in [0.1, 0.15) is 48.9 Å². The summed E-state index contributed by atoms with van der Waals surface area (Å²) in [6.07, 6.45) is 2.08. The number of likely N-dealkylation sites (N-methyl/N-ethyl adjacent to an activating group) is 1. The first-order valence-electron chi connectivity index (χ1n) is 7.66. The van der Waals surface area contributed by atoms with Gasteiger partial charge in [0.25, 0.3) is 0 Å². The van der Waals surface area contributed by atoms with Crippen LogP contribution in [-0.2, 0) is 6.42 Å². The highest BCUT2D eigenvalue weighted by Gasteiger charge is 2.12. The van der Waals surface area contributed by atoms with Crippen LogP contribution >= 0.6 is 11.6 Å². The third-order valence-corrected chi connectivity index (χ3v) is 4.62. The Kier molecular flexibility index (Phi) is 5.84. The summed E-state index contributed by atoms with van der Waals surface area (Å²) in [5, 5.41) is 4.24. The molecule has 0 radical (unpaired) electrons. The maximum atomic E-state index is 6.27. The third-order valence-electron chi connectivity index (χ3n) is 4.25. The van der Waals surface area contributed by atoms with Crippen molar-refractivity contribution in [3.05, 3.63) is 70.2 Å². The monoisotopic (exact) mass is 301 g/mol. The molecule has 1 N–H and O–H groups in total. The average molecular weight is 302 g/mol. The van der Waals surface area contributed by atoms with E-state index in [0.717, 1.165) is 11.4 Å². The first kappa shape index (κ1) is 16.1. The molecule has 2 heteroatoms. The minimum atomic E-state index is 0.288. The molecular weight excluding hydrogens is 278 g/mol. The van der Waals surface area contributed by atoms with Crippen LogP contribution in [0.15, 0.2) is 48.5 Å². The number of halogens is 1. The van der Waals surface area contributed by atoms with Crippen molar-refractivity contribution >= 4 is 11.6 Å². The Morgan fingerprint density at radius 1 is 1.00 bits per heavy atom. The van der Waals surface area contributed by atoms with E-state index < -0.39 is 0 Å². The quantitative estimate of drug-likeness (QED) is 0.757. The minimum Gasteiger partial charge on any atom is -0.313 e. The zero-order valence-electron chi connectivity index (χ0n) is 13.1. The third kappa shape index (κ3) is 4.09. The lowest BCUT2D eigenvalue weighted by Crippen LogP contribution is -2.19. The number of rotatable bonds is 6. The summed E-state index contributed by atoms with van der Waals surface area (Å²) in [5.41, 5.74) is 3.91. The zero-order valence-corrected chi connectivity index (χ0v) is 13.8. The summed E-state index contributed by atoms with van der Waals surface area (Å²) in [5.74, 6) is 0.621. The van der Waals surface area contributed by atoms with E-state index in [1.54, 1.807) is 0 Å². The van der Waals surface area contributed by atoms with Crippen molar-refractivity contribution in [2.75, 3.05) is 7.05 Å². The number of benzene rings is 2. The fourth-order valence-corrected chi connectivity index (χ4v) is 2.78. The van der Waals surface area contributed by atoms with Crippen LogP contribution in [0.4, 0.5) is 0 Å². The molecule has 21 heavy (non-hydrogen) atoms. The molecule has 2 unspecified atom stereocenters. The van der Waals surface area contributed by atoms with Crippen LogP contribution < -0.4 is 5.32 Å². The molecule has 0 amide bonds. The Hall–Kier alpha value is -1.31. The molecule has 0 spiro atoms. The highest BCUT2D eigenvalue weighted by atomic mass is 35.5. The van der Waals surface area contributed by atoms with E-state index in [2.05, 4.69) is 49.5 Å². The summed E-state index contributed by atoms with van der Waals surface area (Å²) in [4.78, 5) is 0. The number of hydrogen-bond acceptors (Lipinski definition) is 1. The average Bonchev–Trinajstić information content (AvgIpc) is 2.53. The van der Waals surface area contributed by atoms with Gasteiger partial charge in [0.2, 0.25) is 0 Å². The highest BCUT2D eigenvalue weighted by Crippen LogP contribution is 2.25. The molecule has 1 nitrogen and oxygen atoms in total. The SMILES string of the molecule is CCC(C)c1ccc(C(Cc2ccccc2Cl)NC)cc1. The maximum Gasteiger partial charge on any atom is 0.0438 e. The van der Waals surface area contributed by atoms with Gasteiger partial charge in [-0.3, -0.25) is 0 Å². The summed E-state index contributed by atoms with van der Waals surface area (Å²) < 4.78 is 0. The minimum absolute atomic E-state index is 0.288. The van der Waals surface area contributed by atoms with Crippen LogP contribution in [0.3, 0.4) is 0 Å². The number of nitrogens with one attached hydrogen (secondary N) is 1. The van der Waals surface area contributed by atoms with Gasteiger partial charge in [0.1, 0.15) is 0 Å². The lowest BCUT2D eigenvalue weighted by Gasteiger charge is -2.19. The summed E-state index contributed by atoms with van der Waals surface area (Å²) in [6, 6.07) is 17.3. The van der Waals surface area contributed by atoms with Gasteiger partial charge >= 0.3 is 0 Å². The van der Waals surface area contributed by atoms with Gasteiger partial charge in [-0.15, -0.1) is 0 Å². The lowest BCUT2D eigenvalue weighted by molar-refractivity contribution is 0.591. The van der Waals surface area contributed by atoms with Crippen LogP contribution in [0, 0.1) is 0 Å². The summed E-state index contributed by atoms with van der Waals surface area (Å²) in [7, 11) is 2.00. The van der Waals surface area contributed by atoms with Crippen molar-refractivity contribution in [1.29, 1.82) is 0 Å². The van der Waals surface area contributed by atoms with Gasteiger partial charge in [0, 0.05) is 11.1 Å². The molecule has 0 saturated heterocycles. The molecule has 0 aliphatic carbocycles. The predicted octanol–water partition coefficient (Wildman–Crippen LogP) is 5.36. The zero-order chi connectivity index (χ0) is 15.2. The Morgan fingerprint density at radius 2 is 1.62 bits per heavy atom. The largest absolute Gasteiger partial charge is 0.313 e. The molecule has 112 valence electrons. The first-order chi connectivity index (χ1) is 10.2. The standard InChI is InChI=1S/C19H24ClN/c1-4-14(2)15-9-11-16(12-10-15)19(21-3)13-17-7-5-6-8-18(17)20/h5-12,14,19,21H,4,13H2,1-3H3. The Balaban J connectivity index is 2.16. The van der Waals surface area contributed by atoms with Crippen molar-refractivity contribution in [2.45, 2.75) is 38.6 Å². The second-order valence-corrected chi connectivity index (χ2v) is 6.02. The van der Waals surface area contributed by atoms with Gasteiger partial charge in [-0.25, -0.2) is 0 Å². The second kappa shape index (κ2) is 7.63. The molecule has 2 atom stereocenters. The molecule has 0 aromatic heterocycles. The van der Waals surface area contributed by atoms with Crippen molar-refractivity contribution in [2.24, 2.45) is 0 Å². The molecule has 0 aliphatic rings.